The molecule has 1 aliphatic heterocycles. The Bertz CT molecular complexity index is 342. The molecule has 0 aromatic carbocycles. The summed E-state index contributed by atoms with van der Waals surface area (Å²) in [7, 11) is -3.04. The van der Waals surface area contributed by atoms with Crippen LogP contribution >= 0.6 is 0 Å². The first-order valence-corrected chi connectivity index (χ1v) is 9.00. The topological polar surface area (TPSA) is 49.4 Å². The second-order valence-electron chi connectivity index (χ2n) is 5.69. The third-order valence-electron chi connectivity index (χ3n) is 4.19. The molecule has 2 fully saturated rings. The van der Waals surface area contributed by atoms with Crippen molar-refractivity contribution in [2.45, 2.75) is 64.0 Å². The fraction of sp³-hybridized carbons (Fsp3) is 1.00. The summed E-state index contributed by atoms with van der Waals surface area (Å²) in [5.41, 5.74) is 0. The maximum Gasteiger partial charge on any atom is 0.211 e. The molecule has 18 heavy (non-hydrogen) atoms. The lowest BCUT2D eigenvalue weighted by Gasteiger charge is -2.36. The number of hydrogen-bond donors (Lipinski definition) is 1. The standard InChI is InChI=1S/C13H26N2O2S/c1-2-11-18(16,17)14-12-7-9-15(10-8-12)13-5-3-4-6-13/h12-14H,2-11H2,1H3. The van der Waals surface area contributed by atoms with Crippen molar-refractivity contribution in [1.29, 1.82) is 0 Å². The molecule has 0 bridgehead atoms. The molecule has 1 saturated carbocycles. The summed E-state index contributed by atoms with van der Waals surface area (Å²) in [6.07, 6.45) is 8.05. The van der Waals surface area contributed by atoms with Gasteiger partial charge in [-0.2, -0.15) is 0 Å². The SMILES string of the molecule is CCCS(=O)(=O)NC1CCN(C2CCCC2)CC1. The summed E-state index contributed by atoms with van der Waals surface area (Å²) >= 11 is 0. The Hall–Kier alpha value is -0.130. The minimum Gasteiger partial charge on any atom is -0.300 e. The highest BCUT2D eigenvalue weighted by Gasteiger charge is 2.28. The van der Waals surface area contributed by atoms with Crippen molar-refractivity contribution in [2.24, 2.45) is 0 Å². The molecule has 0 unspecified atom stereocenters. The minimum absolute atomic E-state index is 0.166. The number of likely N-dealkylation sites (tertiary alicyclic amines) is 1. The van der Waals surface area contributed by atoms with Crippen molar-refractivity contribution >= 4 is 10.0 Å². The molecule has 2 rings (SSSR count). The van der Waals surface area contributed by atoms with E-state index in [-0.39, 0.29) is 11.8 Å². The highest BCUT2D eigenvalue weighted by Crippen LogP contribution is 2.26. The lowest BCUT2D eigenvalue weighted by molar-refractivity contribution is 0.151. The van der Waals surface area contributed by atoms with E-state index in [0.29, 0.717) is 6.42 Å². The average Bonchev–Trinajstić information content (AvgIpc) is 2.82. The number of piperidine rings is 1. The van der Waals surface area contributed by atoms with Gasteiger partial charge in [0.15, 0.2) is 0 Å². The first-order valence-electron chi connectivity index (χ1n) is 7.35. The molecule has 0 aromatic heterocycles. The van der Waals surface area contributed by atoms with Crippen molar-refractivity contribution in [1.82, 2.24) is 9.62 Å². The van der Waals surface area contributed by atoms with Gasteiger partial charge in [-0.3, -0.25) is 0 Å². The van der Waals surface area contributed by atoms with Gasteiger partial charge in [0.25, 0.3) is 0 Å². The van der Waals surface area contributed by atoms with Crippen LogP contribution < -0.4 is 4.72 Å². The molecular formula is C13H26N2O2S. The van der Waals surface area contributed by atoms with E-state index in [0.717, 1.165) is 32.0 Å². The van der Waals surface area contributed by atoms with E-state index in [1.807, 2.05) is 6.92 Å². The van der Waals surface area contributed by atoms with Gasteiger partial charge in [-0.05, 0) is 45.2 Å². The number of nitrogens with one attached hydrogen (secondary N) is 1. The van der Waals surface area contributed by atoms with Gasteiger partial charge in [0.05, 0.1) is 5.75 Å². The van der Waals surface area contributed by atoms with Crippen LogP contribution in [0.25, 0.3) is 0 Å². The Morgan fingerprint density at radius 3 is 2.28 bits per heavy atom. The maximum atomic E-state index is 11.7. The van der Waals surface area contributed by atoms with Crippen LogP contribution in [0.5, 0.6) is 0 Å². The first-order chi connectivity index (χ1) is 8.61. The van der Waals surface area contributed by atoms with Crippen LogP contribution in [0.4, 0.5) is 0 Å². The fourth-order valence-corrected chi connectivity index (χ4v) is 4.63. The van der Waals surface area contributed by atoms with Crippen LogP contribution in [0.2, 0.25) is 0 Å². The molecule has 2 aliphatic rings. The van der Waals surface area contributed by atoms with Crippen LogP contribution in [-0.2, 0) is 10.0 Å². The molecule has 1 N–H and O–H groups in total. The molecule has 0 radical (unpaired) electrons. The van der Waals surface area contributed by atoms with E-state index < -0.39 is 10.0 Å². The highest BCUT2D eigenvalue weighted by atomic mass is 32.2. The second-order valence-corrected chi connectivity index (χ2v) is 7.56. The molecular weight excluding hydrogens is 248 g/mol. The molecule has 0 spiro atoms. The summed E-state index contributed by atoms with van der Waals surface area (Å²) < 4.78 is 26.3. The second kappa shape index (κ2) is 6.35. The van der Waals surface area contributed by atoms with Gasteiger partial charge in [-0.15, -0.1) is 0 Å². The van der Waals surface area contributed by atoms with E-state index in [2.05, 4.69) is 9.62 Å². The molecule has 0 amide bonds. The maximum absolute atomic E-state index is 11.7. The largest absolute Gasteiger partial charge is 0.300 e. The van der Waals surface area contributed by atoms with Crippen LogP contribution in [0.1, 0.15) is 51.9 Å². The Labute approximate surface area is 111 Å². The Morgan fingerprint density at radius 1 is 1.11 bits per heavy atom. The molecule has 5 heteroatoms. The third-order valence-corrected chi connectivity index (χ3v) is 5.83. The number of rotatable bonds is 5. The van der Waals surface area contributed by atoms with Crippen LogP contribution in [0.3, 0.4) is 0 Å². The lowest BCUT2D eigenvalue weighted by Crippen LogP contribution is -2.47. The van der Waals surface area contributed by atoms with Crippen LogP contribution in [0, 0.1) is 0 Å². The smallest absolute Gasteiger partial charge is 0.211 e. The van der Waals surface area contributed by atoms with Gasteiger partial charge in [-0.1, -0.05) is 19.8 Å². The zero-order valence-electron chi connectivity index (χ0n) is 11.4. The number of nitrogens with zero attached hydrogens (tertiary/aromatic N) is 1. The lowest BCUT2D eigenvalue weighted by atomic mass is 10.0. The van der Waals surface area contributed by atoms with Crippen molar-refractivity contribution in [3.63, 3.8) is 0 Å². The molecule has 1 heterocycles. The molecule has 0 aromatic rings. The minimum atomic E-state index is -3.04. The molecule has 0 atom stereocenters. The van der Waals surface area contributed by atoms with Gasteiger partial charge < -0.3 is 4.90 Å². The predicted octanol–water partition coefficient (Wildman–Crippen LogP) is 1.72. The van der Waals surface area contributed by atoms with E-state index in [1.165, 1.54) is 25.7 Å². The Balaban J connectivity index is 1.76. The molecule has 1 aliphatic carbocycles. The van der Waals surface area contributed by atoms with E-state index in [4.69, 9.17) is 0 Å². The molecule has 4 nitrogen and oxygen atoms in total. The molecule has 1 saturated heterocycles. The van der Waals surface area contributed by atoms with Crippen molar-refractivity contribution in [2.75, 3.05) is 18.8 Å². The van der Waals surface area contributed by atoms with Gasteiger partial charge in [0, 0.05) is 12.1 Å². The number of sulfonamides is 1. The monoisotopic (exact) mass is 274 g/mol. The van der Waals surface area contributed by atoms with Gasteiger partial charge >= 0.3 is 0 Å². The zero-order valence-corrected chi connectivity index (χ0v) is 12.2. The summed E-state index contributed by atoms with van der Waals surface area (Å²) in [4.78, 5) is 2.57. The van der Waals surface area contributed by atoms with Gasteiger partial charge in [0.1, 0.15) is 0 Å². The summed E-state index contributed by atoms with van der Waals surface area (Å²) in [5.74, 6) is 0.260. The molecule has 106 valence electrons. The van der Waals surface area contributed by atoms with E-state index >= 15 is 0 Å². The average molecular weight is 274 g/mol. The van der Waals surface area contributed by atoms with Crippen LogP contribution in [-0.4, -0.2) is 44.2 Å². The van der Waals surface area contributed by atoms with Crippen LogP contribution in [0.15, 0.2) is 0 Å². The fourth-order valence-electron chi connectivity index (χ4n) is 3.23. The van der Waals surface area contributed by atoms with E-state index in [9.17, 15) is 8.42 Å². The predicted molar refractivity (Wildman–Crippen MR) is 74.1 cm³/mol. The van der Waals surface area contributed by atoms with Crippen molar-refractivity contribution in [3.8, 4) is 0 Å². The summed E-state index contributed by atoms with van der Waals surface area (Å²) in [5, 5.41) is 0. The Kier molecular flexibility index (Phi) is 5.04. The van der Waals surface area contributed by atoms with Crippen molar-refractivity contribution < 1.29 is 8.42 Å². The quantitative estimate of drug-likeness (QED) is 0.830. The van der Waals surface area contributed by atoms with E-state index in [1.54, 1.807) is 0 Å². The van der Waals surface area contributed by atoms with Crippen molar-refractivity contribution in [3.05, 3.63) is 0 Å². The highest BCUT2D eigenvalue weighted by molar-refractivity contribution is 7.89. The first kappa shape index (κ1) is 14.3. The third kappa shape index (κ3) is 3.93. The van der Waals surface area contributed by atoms with Gasteiger partial charge in [-0.25, -0.2) is 13.1 Å². The summed E-state index contributed by atoms with van der Waals surface area (Å²) in [6, 6.07) is 0.942. The Morgan fingerprint density at radius 2 is 1.72 bits per heavy atom. The number of hydrogen-bond acceptors (Lipinski definition) is 3. The summed E-state index contributed by atoms with van der Waals surface area (Å²) in [6.45, 7) is 4.02. The normalized spacial score (nSPS) is 24.7. The zero-order chi connectivity index (χ0) is 13.0. The van der Waals surface area contributed by atoms with Gasteiger partial charge in [0.2, 0.25) is 10.0 Å².